The monoisotopic (exact) mass is 399 g/mol. The second-order valence-electron chi connectivity index (χ2n) is 7.06. The number of para-hydroxylation sites is 1. The number of hydrogen-bond donors (Lipinski definition) is 1. The fraction of sp³-hybridized carbons (Fsp3) is 0.421. The van der Waals surface area contributed by atoms with E-state index in [1.807, 2.05) is 0 Å². The Labute approximate surface area is 166 Å². The third-order valence-electron chi connectivity index (χ3n) is 5.32. The van der Waals surface area contributed by atoms with E-state index >= 15 is 0 Å². The van der Waals surface area contributed by atoms with Gasteiger partial charge in [-0.05, 0) is 0 Å². The van der Waals surface area contributed by atoms with Crippen LogP contribution in [0.1, 0.15) is 27.3 Å². The molecule has 10 heteroatoms. The largest absolute Gasteiger partial charge is 0.378 e. The van der Waals surface area contributed by atoms with E-state index in [-0.39, 0.29) is 30.5 Å². The summed E-state index contributed by atoms with van der Waals surface area (Å²) in [6.07, 6.45) is 0.498. The van der Waals surface area contributed by atoms with Crippen LogP contribution in [0.25, 0.3) is 0 Å². The summed E-state index contributed by atoms with van der Waals surface area (Å²) in [5.41, 5.74) is 2.24. The number of amides is 2. The summed E-state index contributed by atoms with van der Waals surface area (Å²) >= 11 is 0. The van der Waals surface area contributed by atoms with Crippen molar-refractivity contribution >= 4 is 17.5 Å². The second-order valence-corrected chi connectivity index (χ2v) is 7.06. The van der Waals surface area contributed by atoms with Gasteiger partial charge in [0.25, 0.3) is 11.6 Å². The maximum Gasteiger partial charge on any atom is 0.274 e. The van der Waals surface area contributed by atoms with E-state index in [2.05, 4.69) is 10.2 Å². The van der Waals surface area contributed by atoms with Crippen molar-refractivity contribution in [3.8, 4) is 0 Å². The van der Waals surface area contributed by atoms with Gasteiger partial charge in [0, 0.05) is 55.5 Å². The van der Waals surface area contributed by atoms with Crippen LogP contribution in [0.3, 0.4) is 0 Å². The molecule has 29 heavy (non-hydrogen) atoms. The van der Waals surface area contributed by atoms with Gasteiger partial charge < -0.3 is 14.5 Å². The summed E-state index contributed by atoms with van der Waals surface area (Å²) in [5.74, 6) is -0.380. The first-order valence-electron chi connectivity index (χ1n) is 9.48. The average Bonchev–Trinajstić information content (AvgIpc) is 3.17. The Hall–Kier alpha value is -3.27. The predicted molar refractivity (Wildman–Crippen MR) is 101 cm³/mol. The molecule has 0 bridgehead atoms. The molecule has 1 aromatic heterocycles. The number of aromatic amines is 1. The Bertz CT molecular complexity index is 950. The molecule has 2 aromatic rings. The molecule has 1 saturated heterocycles. The minimum absolute atomic E-state index is 0.0585. The summed E-state index contributed by atoms with van der Waals surface area (Å²) in [6.45, 7) is 2.76. The van der Waals surface area contributed by atoms with Gasteiger partial charge in [-0.2, -0.15) is 5.10 Å². The Morgan fingerprint density at radius 1 is 1.17 bits per heavy atom. The molecular formula is C19H21N5O5. The van der Waals surface area contributed by atoms with Crippen molar-refractivity contribution in [2.75, 3.05) is 32.8 Å². The number of fused-ring (bicyclic) bond motifs is 1. The first-order chi connectivity index (χ1) is 14.0. The smallest absolute Gasteiger partial charge is 0.274 e. The van der Waals surface area contributed by atoms with E-state index in [1.54, 1.807) is 28.0 Å². The maximum atomic E-state index is 12.8. The van der Waals surface area contributed by atoms with Crippen LogP contribution in [0, 0.1) is 10.1 Å². The predicted octanol–water partition coefficient (Wildman–Crippen LogP) is 0.918. The van der Waals surface area contributed by atoms with Crippen LogP contribution in [-0.2, 0) is 28.9 Å². The lowest BCUT2D eigenvalue weighted by Crippen LogP contribution is -2.42. The van der Waals surface area contributed by atoms with Crippen molar-refractivity contribution in [3.05, 3.63) is 56.9 Å². The molecule has 2 amide bonds. The molecule has 0 saturated carbocycles. The van der Waals surface area contributed by atoms with Crippen LogP contribution in [0.4, 0.5) is 5.69 Å². The number of nitro benzene ring substituents is 1. The highest BCUT2D eigenvalue weighted by molar-refractivity contribution is 5.94. The Morgan fingerprint density at radius 3 is 2.69 bits per heavy atom. The number of nitrogens with one attached hydrogen (secondary N) is 1. The van der Waals surface area contributed by atoms with E-state index < -0.39 is 4.92 Å². The highest BCUT2D eigenvalue weighted by atomic mass is 16.6. The number of ether oxygens (including phenoxy) is 1. The molecule has 10 nitrogen and oxygen atoms in total. The van der Waals surface area contributed by atoms with Crippen LogP contribution in [0.5, 0.6) is 0 Å². The minimum atomic E-state index is -0.480. The average molecular weight is 399 g/mol. The van der Waals surface area contributed by atoms with Crippen LogP contribution in [-0.4, -0.2) is 69.6 Å². The SMILES string of the molecule is O=C(Cc1ccccc1[N+](=O)[O-])N1CCc2[nH]nc(C(=O)N3CCOCC3)c2C1. The van der Waals surface area contributed by atoms with Crippen LogP contribution < -0.4 is 0 Å². The molecule has 1 N–H and O–H groups in total. The normalized spacial score (nSPS) is 16.4. The molecule has 4 rings (SSSR count). The molecule has 0 unspecified atom stereocenters. The van der Waals surface area contributed by atoms with Crippen molar-refractivity contribution in [2.24, 2.45) is 0 Å². The number of nitrogens with zero attached hydrogens (tertiary/aromatic N) is 4. The van der Waals surface area contributed by atoms with Crippen LogP contribution in [0.15, 0.2) is 24.3 Å². The highest BCUT2D eigenvalue weighted by Gasteiger charge is 2.31. The first kappa shape index (κ1) is 19.1. The molecule has 2 aliphatic rings. The molecule has 0 aliphatic carbocycles. The number of benzene rings is 1. The maximum absolute atomic E-state index is 12.8. The van der Waals surface area contributed by atoms with Gasteiger partial charge in [0.05, 0.1) is 24.6 Å². The van der Waals surface area contributed by atoms with E-state index in [0.717, 1.165) is 11.3 Å². The minimum Gasteiger partial charge on any atom is -0.378 e. The van der Waals surface area contributed by atoms with Gasteiger partial charge in [-0.3, -0.25) is 24.8 Å². The van der Waals surface area contributed by atoms with Crippen molar-refractivity contribution in [1.82, 2.24) is 20.0 Å². The summed E-state index contributed by atoms with van der Waals surface area (Å²) in [7, 11) is 0. The number of rotatable bonds is 4. The molecule has 0 atom stereocenters. The summed E-state index contributed by atoms with van der Waals surface area (Å²) in [4.78, 5) is 39.7. The quantitative estimate of drug-likeness (QED) is 0.603. The zero-order valence-electron chi connectivity index (χ0n) is 15.8. The topological polar surface area (TPSA) is 122 Å². The second kappa shape index (κ2) is 8.00. The molecule has 3 heterocycles. The zero-order valence-corrected chi connectivity index (χ0v) is 15.8. The lowest BCUT2D eigenvalue weighted by atomic mass is 10.0. The molecule has 152 valence electrons. The number of nitro groups is 1. The van der Waals surface area contributed by atoms with E-state index in [9.17, 15) is 19.7 Å². The van der Waals surface area contributed by atoms with Crippen molar-refractivity contribution in [3.63, 3.8) is 0 Å². The zero-order chi connectivity index (χ0) is 20.4. The van der Waals surface area contributed by atoms with Crippen molar-refractivity contribution in [2.45, 2.75) is 19.4 Å². The van der Waals surface area contributed by atoms with Crippen molar-refractivity contribution < 1.29 is 19.2 Å². The molecule has 1 fully saturated rings. The summed E-state index contributed by atoms with van der Waals surface area (Å²) < 4.78 is 5.29. The Kier molecular flexibility index (Phi) is 5.26. The molecule has 2 aliphatic heterocycles. The van der Waals surface area contributed by atoms with Crippen LogP contribution in [0.2, 0.25) is 0 Å². The number of morpholine rings is 1. The fourth-order valence-corrected chi connectivity index (χ4v) is 3.71. The van der Waals surface area contributed by atoms with Gasteiger partial charge in [0.15, 0.2) is 5.69 Å². The standard InChI is InChI=1S/C19H21N5O5/c25-17(11-13-3-1-2-4-16(13)24(27)28)23-6-5-15-14(12-23)18(21-20-15)19(26)22-7-9-29-10-8-22/h1-4H,5-12H2,(H,20,21). The number of H-pyrrole nitrogens is 1. The van der Waals surface area contributed by atoms with Gasteiger partial charge >= 0.3 is 0 Å². The third kappa shape index (κ3) is 3.83. The molecule has 0 spiro atoms. The van der Waals surface area contributed by atoms with Gasteiger partial charge in [-0.1, -0.05) is 18.2 Å². The first-order valence-corrected chi connectivity index (χ1v) is 9.48. The van der Waals surface area contributed by atoms with E-state index in [4.69, 9.17) is 4.74 Å². The van der Waals surface area contributed by atoms with Crippen molar-refractivity contribution in [1.29, 1.82) is 0 Å². The van der Waals surface area contributed by atoms with Crippen LogP contribution >= 0.6 is 0 Å². The number of carbonyl (C=O) groups excluding carboxylic acids is 2. The number of hydrogen-bond acceptors (Lipinski definition) is 6. The van der Waals surface area contributed by atoms with E-state index in [0.29, 0.717) is 50.5 Å². The van der Waals surface area contributed by atoms with E-state index in [1.165, 1.54) is 6.07 Å². The van der Waals surface area contributed by atoms with Gasteiger partial charge in [-0.25, -0.2) is 0 Å². The van der Waals surface area contributed by atoms with Gasteiger partial charge in [-0.15, -0.1) is 0 Å². The summed E-state index contributed by atoms with van der Waals surface area (Å²) in [5, 5.41) is 18.3. The van der Waals surface area contributed by atoms with Gasteiger partial charge in [0.2, 0.25) is 5.91 Å². The molecule has 1 aromatic carbocycles. The fourth-order valence-electron chi connectivity index (χ4n) is 3.71. The number of aromatic nitrogens is 2. The number of carbonyl (C=O) groups is 2. The molecular weight excluding hydrogens is 378 g/mol. The Morgan fingerprint density at radius 2 is 1.93 bits per heavy atom. The highest BCUT2D eigenvalue weighted by Crippen LogP contribution is 2.24. The lowest BCUT2D eigenvalue weighted by molar-refractivity contribution is -0.385. The summed E-state index contributed by atoms with van der Waals surface area (Å²) in [6, 6.07) is 6.25. The Balaban J connectivity index is 1.50. The van der Waals surface area contributed by atoms with Gasteiger partial charge in [0.1, 0.15) is 0 Å². The third-order valence-corrected chi connectivity index (χ3v) is 5.32. The lowest BCUT2D eigenvalue weighted by Gasteiger charge is -2.29. The molecule has 0 radical (unpaired) electrons.